The molecule has 1 aliphatic rings. The molecule has 106 valence electrons. The van der Waals surface area contributed by atoms with Gasteiger partial charge in [0.15, 0.2) is 0 Å². The number of nitrogens with one attached hydrogen (secondary N) is 1. The molecule has 0 bridgehead atoms. The van der Waals surface area contributed by atoms with Crippen LogP contribution in [-0.2, 0) is 4.79 Å². The van der Waals surface area contributed by atoms with Crippen LogP contribution in [0, 0.1) is 10.1 Å². The smallest absolute Gasteiger partial charge is 0.276 e. The van der Waals surface area contributed by atoms with Crippen LogP contribution in [0.5, 0.6) is 0 Å². The minimum atomic E-state index is -0.447. The van der Waals surface area contributed by atoms with Crippen LogP contribution in [-0.4, -0.2) is 41.4 Å². The van der Waals surface area contributed by atoms with E-state index in [1.807, 2.05) is 6.92 Å². The minimum absolute atomic E-state index is 0.00455. The van der Waals surface area contributed by atoms with E-state index in [4.69, 9.17) is 0 Å². The van der Waals surface area contributed by atoms with Crippen LogP contribution >= 0.6 is 0 Å². The van der Waals surface area contributed by atoms with Gasteiger partial charge < -0.3 is 10.2 Å². The minimum Gasteiger partial charge on any atom is -0.334 e. The van der Waals surface area contributed by atoms with Gasteiger partial charge in [0.2, 0.25) is 5.91 Å². The van der Waals surface area contributed by atoms with Gasteiger partial charge in [0.05, 0.1) is 10.5 Å². The summed E-state index contributed by atoms with van der Waals surface area (Å²) in [4.78, 5) is 24.3. The molecule has 1 heterocycles. The summed E-state index contributed by atoms with van der Waals surface area (Å²) in [5.41, 5.74) is 0.443. The molecule has 1 amide bonds. The molecule has 0 unspecified atom stereocenters. The van der Waals surface area contributed by atoms with Gasteiger partial charge in [-0.25, -0.2) is 0 Å². The first-order valence-electron chi connectivity index (χ1n) is 6.52. The van der Waals surface area contributed by atoms with Gasteiger partial charge in [0, 0.05) is 37.8 Å². The fourth-order valence-electron chi connectivity index (χ4n) is 2.22. The summed E-state index contributed by atoms with van der Waals surface area (Å²) in [6.07, 6.45) is 2.92. The Morgan fingerprint density at radius 1 is 1.50 bits per heavy atom. The number of benzene rings is 1. The number of hydrogen-bond donors (Lipinski definition) is 1. The van der Waals surface area contributed by atoms with Crippen LogP contribution in [0.4, 0.5) is 5.69 Å². The van der Waals surface area contributed by atoms with Crippen molar-refractivity contribution in [1.82, 2.24) is 10.2 Å². The average Bonchev–Trinajstić information content (AvgIpc) is 2.45. The molecule has 6 nitrogen and oxygen atoms in total. The molecule has 0 saturated carbocycles. The highest BCUT2D eigenvalue weighted by molar-refractivity contribution is 5.92. The van der Waals surface area contributed by atoms with E-state index in [9.17, 15) is 14.9 Å². The molecule has 1 atom stereocenters. The summed E-state index contributed by atoms with van der Waals surface area (Å²) >= 11 is 0. The van der Waals surface area contributed by atoms with Gasteiger partial charge in [0.1, 0.15) is 0 Å². The number of para-hydroxylation sites is 1. The third kappa shape index (κ3) is 3.21. The van der Waals surface area contributed by atoms with Crippen LogP contribution in [0.2, 0.25) is 0 Å². The zero-order valence-corrected chi connectivity index (χ0v) is 11.3. The van der Waals surface area contributed by atoms with Gasteiger partial charge in [-0.3, -0.25) is 14.9 Å². The van der Waals surface area contributed by atoms with E-state index in [0.29, 0.717) is 12.1 Å². The van der Waals surface area contributed by atoms with Crippen LogP contribution < -0.4 is 5.32 Å². The maximum Gasteiger partial charge on any atom is 0.276 e. The number of piperazine rings is 1. The van der Waals surface area contributed by atoms with Crippen molar-refractivity contribution in [2.75, 3.05) is 19.6 Å². The summed E-state index contributed by atoms with van der Waals surface area (Å²) in [6, 6.07) is 6.51. The molecule has 1 aromatic rings. The summed E-state index contributed by atoms with van der Waals surface area (Å²) < 4.78 is 0. The first-order valence-corrected chi connectivity index (χ1v) is 6.52. The van der Waals surface area contributed by atoms with Crippen LogP contribution in [0.1, 0.15) is 12.5 Å². The number of rotatable bonds is 3. The van der Waals surface area contributed by atoms with Crippen molar-refractivity contribution in [3.8, 4) is 0 Å². The maximum atomic E-state index is 12.1. The van der Waals surface area contributed by atoms with E-state index in [0.717, 1.165) is 13.1 Å². The highest BCUT2D eigenvalue weighted by atomic mass is 16.6. The molecule has 2 rings (SSSR count). The molecule has 1 N–H and O–H groups in total. The van der Waals surface area contributed by atoms with E-state index in [-0.39, 0.29) is 17.6 Å². The molecule has 0 spiro atoms. The summed E-state index contributed by atoms with van der Waals surface area (Å²) in [7, 11) is 0. The van der Waals surface area contributed by atoms with Crippen molar-refractivity contribution in [1.29, 1.82) is 0 Å². The zero-order chi connectivity index (χ0) is 14.5. The van der Waals surface area contributed by atoms with Crippen molar-refractivity contribution in [2.45, 2.75) is 13.0 Å². The molecule has 0 aromatic heterocycles. The van der Waals surface area contributed by atoms with Crippen LogP contribution in [0.3, 0.4) is 0 Å². The Morgan fingerprint density at radius 3 is 2.95 bits per heavy atom. The van der Waals surface area contributed by atoms with Gasteiger partial charge in [-0.05, 0) is 19.1 Å². The number of nitrogens with zero attached hydrogens (tertiary/aromatic N) is 2. The normalized spacial score (nSPS) is 19.2. The third-order valence-electron chi connectivity index (χ3n) is 3.32. The zero-order valence-electron chi connectivity index (χ0n) is 11.3. The monoisotopic (exact) mass is 275 g/mol. The highest BCUT2D eigenvalue weighted by Gasteiger charge is 2.21. The molecule has 1 saturated heterocycles. The number of carbonyl (C=O) groups excluding carboxylic acids is 1. The topological polar surface area (TPSA) is 75.5 Å². The number of nitro groups is 1. The Bertz CT molecular complexity index is 542. The van der Waals surface area contributed by atoms with E-state index in [1.165, 1.54) is 18.2 Å². The Labute approximate surface area is 117 Å². The predicted molar refractivity (Wildman–Crippen MR) is 76.2 cm³/mol. The fraction of sp³-hybridized carbons (Fsp3) is 0.357. The standard InChI is InChI=1S/C14H17N3O3/c1-11-10-15-8-9-16(11)14(18)7-6-12-4-2-3-5-13(12)17(19)20/h2-7,11,15H,8-10H2,1H3/b7-6+/t11-/m1/s1. The Kier molecular flexibility index (Phi) is 4.47. The third-order valence-corrected chi connectivity index (χ3v) is 3.32. The molecule has 6 heteroatoms. The van der Waals surface area contributed by atoms with Gasteiger partial charge in [0.25, 0.3) is 5.69 Å². The maximum absolute atomic E-state index is 12.1. The SMILES string of the molecule is C[C@@H]1CNCCN1C(=O)/C=C/c1ccccc1[N+](=O)[O-]. The Balaban J connectivity index is 2.13. The molecule has 0 aliphatic carbocycles. The Morgan fingerprint density at radius 2 is 2.25 bits per heavy atom. The quantitative estimate of drug-likeness (QED) is 0.514. The van der Waals surface area contributed by atoms with E-state index in [1.54, 1.807) is 23.1 Å². The molecule has 20 heavy (non-hydrogen) atoms. The molecule has 1 fully saturated rings. The van der Waals surface area contributed by atoms with Crippen molar-refractivity contribution >= 4 is 17.7 Å². The number of carbonyl (C=O) groups is 1. The second kappa shape index (κ2) is 6.29. The summed E-state index contributed by atoms with van der Waals surface area (Å²) in [6.45, 7) is 4.17. The summed E-state index contributed by atoms with van der Waals surface area (Å²) in [5, 5.41) is 14.1. The first-order chi connectivity index (χ1) is 9.59. The van der Waals surface area contributed by atoms with Gasteiger partial charge in [-0.15, -0.1) is 0 Å². The highest BCUT2D eigenvalue weighted by Crippen LogP contribution is 2.19. The van der Waals surface area contributed by atoms with Gasteiger partial charge >= 0.3 is 0 Å². The van der Waals surface area contributed by atoms with Crippen molar-refractivity contribution in [2.24, 2.45) is 0 Å². The molecule has 0 radical (unpaired) electrons. The lowest BCUT2D eigenvalue weighted by Crippen LogP contribution is -2.51. The number of nitro benzene ring substituents is 1. The van der Waals surface area contributed by atoms with E-state index < -0.39 is 4.92 Å². The van der Waals surface area contributed by atoms with Crippen LogP contribution in [0.25, 0.3) is 6.08 Å². The number of amides is 1. The Hall–Kier alpha value is -2.21. The lowest BCUT2D eigenvalue weighted by Gasteiger charge is -2.33. The fourth-order valence-corrected chi connectivity index (χ4v) is 2.22. The van der Waals surface area contributed by atoms with Crippen molar-refractivity contribution in [3.05, 3.63) is 46.0 Å². The van der Waals surface area contributed by atoms with Crippen LogP contribution in [0.15, 0.2) is 30.3 Å². The summed E-state index contributed by atoms with van der Waals surface area (Å²) in [5.74, 6) is -0.114. The molecular formula is C14H17N3O3. The predicted octanol–water partition coefficient (Wildman–Crippen LogP) is 1.43. The van der Waals surface area contributed by atoms with Crippen molar-refractivity contribution < 1.29 is 9.72 Å². The average molecular weight is 275 g/mol. The second-order valence-electron chi connectivity index (χ2n) is 4.73. The lowest BCUT2D eigenvalue weighted by molar-refractivity contribution is -0.385. The first kappa shape index (κ1) is 14.2. The van der Waals surface area contributed by atoms with Gasteiger partial charge in [-0.1, -0.05) is 12.1 Å². The van der Waals surface area contributed by atoms with E-state index in [2.05, 4.69) is 5.32 Å². The second-order valence-corrected chi connectivity index (χ2v) is 4.73. The molecule has 1 aliphatic heterocycles. The largest absolute Gasteiger partial charge is 0.334 e. The van der Waals surface area contributed by atoms with E-state index >= 15 is 0 Å². The van der Waals surface area contributed by atoms with Crippen molar-refractivity contribution in [3.63, 3.8) is 0 Å². The molecule has 1 aromatic carbocycles. The molecular weight excluding hydrogens is 258 g/mol. The lowest BCUT2D eigenvalue weighted by atomic mass is 10.1. The van der Waals surface area contributed by atoms with Gasteiger partial charge in [-0.2, -0.15) is 0 Å². The number of hydrogen-bond acceptors (Lipinski definition) is 4.